The summed E-state index contributed by atoms with van der Waals surface area (Å²) in [6, 6.07) is 17.7. The Hall–Kier alpha value is -1.82. The van der Waals surface area contributed by atoms with Gasteiger partial charge >= 0.3 is 28.8 Å². The number of hydrogen-bond donors (Lipinski definition) is 0. The van der Waals surface area contributed by atoms with Crippen molar-refractivity contribution in [2.75, 3.05) is 0 Å². The van der Waals surface area contributed by atoms with Gasteiger partial charge in [0.1, 0.15) is 0 Å². The molecule has 2 nitrogen and oxygen atoms in total. The van der Waals surface area contributed by atoms with Crippen LogP contribution in [0.2, 0.25) is 10.8 Å². The fourth-order valence-electron chi connectivity index (χ4n) is 4.83. The standard InChI is InChI=1S/C32H44N2.2CH3.Pd/c1-4-7-10-13-16-30-25-31(28-21-17-26(18-22-28)14-11-8-5-2)34(33)32(30)29-23-19-27(20-24-29)15-12-9-6-3;;;/h17-25H,4-16H2,1-3H3;2*1H3;. The molecule has 0 aromatic heterocycles. The molecule has 206 valence electrons. The summed E-state index contributed by atoms with van der Waals surface area (Å²) in [4.78, 5) is 0. The summed E-state index contributed by atoms with van der Waals surface area (Å²) in [6.07, 6.45) is 17.9. The first-order valence-corrected chi connectivity index (χ1v) is 17.5. The van der Waals surface area contributed by atoms with Crippen LogP contribution in [0.4, 0.5) is 0 Å². The van der Waals surface area contributed by atoms with Gasteiger partial charge in [-0.3, -0.25) is 0 Å². The summed E-state index contributed by atoms with van der Waals surface area (Å²) in [6.45, 7) is 6.75. The third-order valence-corrected chi connectivity index (χ3v) is 6.97. The predicted octanol–water partition coefficient (Wildman–Crippen LogP) is 11.1. The molecule has 0 spiro atoms. The first kappa shape index (κ1) is 31.4. The van der Waals surface area contributed by atoms with Crippen molar-refractivity contribution in [3.05, 3.63) is 88.0 Å². The van der Waals surface area contributed by atoms with Gasteiger partial charge in [0, 0.05) is 22.8 Å². The van der Waals surface area contributed by atoms with Crippen molar-refractivity contribution in [1.29, 1.82) is 0 Å². The SMILES string of the molecule is CCCCCCC1=C(c2ccc(CCCCC)cc2)[N+](=[N-])C(c2ccc(CCCCC)cc2)=C1.[CH3][Pd][CH3]. The molecule has 1 heterocycles. The fourth-order valence-corrected chi connectivity index (χ4v) is 4.83. The molecule has 0 unspecified atom stereocenters. The van der Waals surface area contributed by atoms with Gasteiger partial charge in [0.2, 0.25) is 11.4 Å². The van der Waals surface area contributed by atoms with Gasteiger partial charge < -0.3 is 5.53 Å². The molecule has 0 aliphatic carbocycles. The zero-order valence-corrected chi connectivity index (χ0v) is 25.7. The molecule has 37 heavy (non-hydrogen) atoms. The predicted molar refractivity (Wildman–Crippen MR) is 158 cm³/mol. The average Bonchev–Trinajstić information content (AvgIpc) is 3.24. The molecule has 2 aromatic carbocycles. The van der Waals surface area contributed by atoms with Gasteiger partial charge in [-0.25, -0.2) is 4.70 Å². The van der Waals surface area contributed by atoms with E-state index in [-0.39, 0.29) is 0 Å². The van der Waals surface area contributed by atoms with Gasteiger partial charge in [-0.15, -0.1) is 0 Å². The normalized spacial score (nSPS) is 13.1. The van der Waals surface area contributed by atoms with E-state index in [4.69, 9.17) is 0 Å². The van der Waals surface area contributed by atoms with Crippen molar-refractivity contribution < 1.29 is 22.7 Å². The van der Waals surface area contributed by atoms with Crippen LogP contribution in [-0.2, 0) is 30.8 Å². The molecule has 1 aliphatic heterocycles. The third-order valence-electron chi connectivity index (χ3n) is 6.97. The summed E-state index contributed by atoms with van der Waals surface area (Å²) in [7, 11) is 0. The maximum atomic E-state index is 11.3. The van der Waals surface area contributed by atoms with Gasteiger partial charge in [-0.1, -0.05) is 90.0 Å². The van der Waals surface area contributed by atoms with Gasteiger partial charge in [0.05, 0.1) is 0 Å². The van der Waals surface area contributed by atoms with Gasteiger partial charge in [0.15, 0.2) is 0 Å². The Morgan fingerprint density at radius 2 is 1.03 bits per heavy atom. The number of rotatable bonds is 15. The Morgan fingerprint density at radius 1 is 0.595 bits per heavy atom. The molecule has 3 heteroatoms. The molecule has 0 radical (unpaired) electrons. The van der Waals surface area contributed by atoms with Gasteiger partial charge in [0.25, 0.3) is 0 Å². The van der Waals surface area contributed by atoms with E-state index in [1.54, 1.807) is 0 Å². The van der Waals surface area contributed by atoms with Crippen LogP contribution in [0, 0.1) is 0 Å². The van der Waals surface area contributed by atoms with Gasteiger partial charge in [-0.05, 0) is 73.9 Å². The summed E-state index contributed by atoms with van der Waals surface area (Å²) in [5.41, 5.74) is 19.4. The van der Waals surface area contributed by atoms with Crippen LogP contribution in [-0.4, -0.2) is 4.70 Å². The molecular weight excluding hydrogens is 543 g/mol. The molecule has 0 atom stereocenters. The van der Waals surface area contributed by atoms with Crippen molar-refractivity contribution in [1.82, 2.24) is 0 Å². The molecule has 0 amide bonds. The number of aryl methyl sites for hydroxylation is 2. The molecule has 0 saturated carbocycles. The van der Waals surface area contributed by atoms with E-state index in [9.17, 15) is 5.53 Å². The second-order valence-electron chi connectivity index (χ2n) is 10.2. The Morgan fingerprint density at radius 3 is 1.51 bits per heavy atom. The molecule has 2 aromatic rings. The van der Waals surface area contributed by atoms with Crippen molar-refractivity contribution in [3.63, 3.8) is 0 Å². The topological polar surface area (TPSA) is 25.3 Å². The van der Waals surface area contributed by atoms with Crippen molar-refractivity contribution in [3.8, 4) is 0 Å². The minimum absolute atomic E-state index is 0.896. The second kappa shape index (κ2) is 18.4. The molecule has 1 aliphatic rings. The quantitative estimate of drug-likeness (QED) is 0.112. The van der Waals surface area contributed by atoms with Crippen LogP contribution < -0.4 is 0 Å². The fraction of sp³-hybridized carbons (Fsp3) is 0.529. The summed E-state index contributed by atoms with van der Waals surface area (Å²) in [5.74, 6) is 0. The number of benzene rings is 2. The van der Waals surface area contributed by atoms with Crippen molar-refractivity contribution in [2.45, 2.75) is 115 Å². The van der Waals surface area contributed by atoms with Crippen molar-refractivity contribution in [2.24, 2.45) is 0 Å². The second-order valence-corrected chi connectivity index (χ2v) is 11.7. The van der Waals surface area contributed by atoms with Gasteiger partial charge in [-0.2, -0.15) is 0 Å². The van der Waals surface area contributed by atoms with Crippen LogP contribution in [0.1, 0.15) is 114 Å². The Kier molecular flexibility index (Phi) is 15.6. The van der Waals surface area contributed by atoms with Crippen LogP contribution >= 0.6 is 0 Å². The monoisotopic (exact) mass is 592 g/mol. The number of allylic oxidation sites excluding steroid dienone is 2. The number of hydrogen-bond acceptors (Lipinski definition) is 0. The van der Waals surface area contributed by atoms with Crippen LogP contribution in [0.3, 0.4) is 0 Å². The third kappa shape index (κ3) is 10.5. The number of unbranched alkanes of at least 4 members (excludes halogenated alkanes) is 7. The average molecular weight is 593 g/mol. The molecule has 0 fully saturated rings. The van der Waals surface area contributed by atoms with E-state index in [1.165, 1.54) is 79.2 Å². The first-order valence-electron chi connectivity index (χ1n) is 14.4. The Labute approximate surface area is 236 Å². The molecule has 0 bridgehead atoms. The van der Waals surface area contributed by atoms with E-state index >= 15 is 0 Å². The first-order chi connectivity index (χ1) is 18.1. The molecule has 0 N–H and O–H groups in total. The summed E-state index contributed by atoms with van der Waals surface area (Å²) >= 11 is 0.950. The molecule has 0 saturated heterocycles. The van der Waals surface area contributed by atoms with Crippen molar-refractivity contribution >= 4 is 11.4 Å². The molecular formula is C34H50N2Pd. The summed E-state index contributed by atoms with van der Waals surface area (Å²) < 4.78 is 1.44. The molecule has 3 rings (SSSR count). The van der Waals surface area contributed by atoms with E-state index in [1.807, 2.05) is 0 Å². The Balaban J connectivity index is 0.00000153. The zero-order valence-electron chi connectivity index (χ0n) is 24.1. The van der Waals surface area contributed by atoms with E-state index < -0.39 is 0 Å². The van der Waals surface area contributed by atoms with E-state index in [0.717, 1.165) is 66.2 Å². The summed E-state index contributed by atoms with van der Waals surface area (Å²) in [5, 5.41) is 4.35. The van der Waals surface area contributed by atoms with Crippen LogP contribution in [0.5, 0.6) is 0 Å². The van der Waals surface area contributed by atoms with E-state index in [2.05, 4.69) is 86.2 Å². The zero-order chi connectivity index (χ0) is 26.9. The van der Waals surface area contributed by atoms with Crippen LogP contribution in [0.25, 0.3) is 16.9 Å². The maximum absolute atomic E-state index is 11.3. The number of nitrogens with zero attached hydrogens (tertiary/aromatic N) is 2. The van der Waals surface area contributed by atoms with Crippen LogP contribution in [0.15, 0.2) is 60.2 Å². The minimum atomic E-state index is 0.896. The van der Waals surface area contributed by atoms with E-state index in [0.29, 0.717) is 0 Å². The Bertz CT molecular complexity index is 983.